The number of esters is 2. The highest BCUT2D eigenvalue weighted by molar-refractivity contribution is 6.32. The lowest BCUT2D eigenvalue weighted by atomic mass is 10.1. The van der Waals surface area contributed by atoms with E-state index in [-0.39, 0.29) is 22.6 Å². The molecule has 0 aliphatic rings. The minimum atomic E-state index is -0.546. The van der Waals surface area contributed by atoms with E-state index < -0.39 is 5.97 Å². The Hall–Kier alpha value is -3.85. The Bertz CT molecular complexity index is 1450. The van der Waals surface area contributed by atoms with Gasteiger partial charge in [-0.2, -0.15) is 0 Å². The molecule has 2 aromatic carbocycles. The van der Waals surface area contributed by atoms with Crippen LogP contribution in [-0.2, 0) is 15.9 Å². The summed E-state index contributed by atoms with van der Waals surface area (Å²) in [4.78, 5) is 31.4. The largest absolute Gasteiger partial charge is 0.465 e. The van der Waals surface area contributed by atoms with Crippen molar-refractivity contribution in [2.24, 2.45) is 0 Å². The van der Waals surface area contributed by atoms with Gasteiger partial charge in [-0.05, 0) is 67.1 Å². The van der Waals surface area contributed by atoms with E-state index in [1.54, 1.807) is 60.7 Å². The number of ether oxygens (including phenoxy) is 4. The van der Waals surface area contributed by atoms with Crippen molar-refractivity contribution in [3.05, 3.63) is 105 Å². The van der Waals surface area contributed by atoms with E-state index in [4.69, 9.17) is 49.0 Å². The minimum absolute atomic E-state index is 0.0262. The number of benzene rings is 2. The number of methoxy groups -OCH3 is 2. The van der Waals surface area contributed by atoms with Crippen LogP contribution in [0.3, 0.4) is 0 Å². The number of pyridine rings is 2. The molecule has 2 aromatic heterocycles. The van der Waals surface area contributed by atoms with Gasteiger partial charge in [0.1, 0.15) is 16.7 Å². The summed E-state index contributed by atoms with van der Waals surface area (Å²) in [5, 5.41) is 1.28. The van der Waals surface area contributed by atoms with E-state index in [0.717, 1.165) is 6.42 Å². The highest BCUT2D eigenvalue weighted by atomic mass is 35.5. The van der Waals surface area contributed by atoms with Gasteiger partial charge < -0.3 is 18.9 Å². The molecule has 2 heterocycles. The number of hydrogen-bond acceptors (Lipinski definition) is 8. The molecular formula is C29H25Cl3N2O6. The summed E-state index contributed by atoms with van der Waals surface area (Å²) in [6, 6.07) is 20.2. The van der Waals surface area contributed by atoms with Gasteiger partial charge in [-0.25, -0.2) is 19.6 Å². The number of aromatic nitrogens is 2. The van der Waals surface area contributed by atoms with Crippen molar-refractivity contribution in [1.82, 2.24) is 9.97 Å². The third kappa shape index (κ3) is 8.84. The quantitative estimate of drug-likeness (QED) is 0.147. The number of halogens is 3. The molecular weight excluding hydrogens is 579 g/mol. The van der Waals surface area contributed by atoms with E-state index >= 15 is 0 Å². The fourth-order valence-electron chi connectivity index (χ4n) is 3.24. The Balaban J connectivity index is 0.000000222. The van der Waals surface area contributed by atoms with Crippen molar-refractivity contribution in [2.45, 2.75) is 19.8 Å². The number of hydrogen-bond donors (Lipinski definition) is 0. The van der Waals surface area contributed by atoms with Gasteiger partial charge in [0.05, 0.1) is 31.0 Å². The van der Waals surface area contributed by atoms with E-state index in [1.807, 2.05) is 6.92 Å². The monoisotopic (exact) mass is 602 g/mol. The van der Waals surface area contributed by atoms with E-state index in [2.05, 4.69) is 14.7 Å². The number of carbonyl (C=O) groups excluding carboxylic acids is 2. The molecule has 0 atom stereocenters. The third-order valence-corrected chi connectivity index (χ3v) is 5.93. The van der Waals surface area contributed by atoms with Crippen LogP contribution >= 0.6 is 34.8 Å². The maximum atomic E-state index is 11.7. The molecule has 0 radical (unpaired) electrons. The molecule has 4 rings (SSSR count). The van der Waals surface area contributed by atoms with Gasteiger partial charge >= 0.3 is 11.9 Å². The molecule has 208 valence electrons. The first-order valence-electron chi connectivity index (χ1n) is 11.9. The van der Waals surface area contributed by atoms with Crippen molar-refractivity contribution >= 4 is 46.7 Å². The van der Waals surface area contributed by atoms with Crippen molar-refractivity contribution < 1.29 is 28.5 Å². The summed E-state index contributed by atoms with van der Waals surface area (Å²) in [6.45, 7) is 2.02. The summed E-state index contributed by atoms with van der Waals surface area (Å²) in [7, 11) is 2.63. The van der Waals surface area contributed by atoms with E-state index in [0.29, 0.717) is 45.1 Å². The van der Waals surface area contributed by atoms with Crippen LogP contribution < -0.4 is 9.47 Å². The molecule has 4 aromatic rings. The van der Waals surface area contributed by atoms with Crippen LogP contribution in [0, 0.1) is 0 Å². The number of nitrogens with zero attached hydrogens (tertiary/aromatic N) is 2. The molecule has 0 N–H and O–H groups in total. The summed E-state index contributed by atoms with van der Waals surface area (Å²) in [5.74, 6) is 0.992. The van der Waals surface area contributed by atoms with Crippen molar-refractivity contribution in [1.29, 1.82) is 0 Å². The van der Waals surface area contributed by atoms with Crippen LogP contribution in [0.15, 0.2) is 72.8 Å². The van der Waals surface area contributed by atoms with Gasteiger partial charge in [0, 0.05) is 22.2 Å². The average molecular weight is 604 g/mol. The van der Waals surface area contributed by atoms with E-state index in [1.165, 1.54) is 26.4 Å². The van der Waals surface area contributed by atoms with Gasteiger partial charge in [-0.3, -0.25) is 0 Å². The predicted octanol–water partition coefficient (Wildman–Crippen LogP) is 8.23. The van der Waals surface area contributed by atoms with Crippen LogP contribution in [0.25, 0.3) is 0 Å². The minimum Gasteiger partial charge on any atom is -0.465 e. The first-order chi connectivity index (χ1) is 19.2. The topological polar surface area (TPSA) is 96.8 Å². The summed E-state index contributed by atoms with van der Waals surface area (Å²) >= 11 is 17.5. The standard InChI is InChI=1S/C16H16ClNO3.C13H9Cl2NO3/c1-3-4-14-13(16(19)20-2)9-10-15(18-14)21-12-7-5-11(17)6-8-12;1-18-13(17)10-6-7-11(16-12(10)15)19-9-4-2-8(14)3-5-9/h5-10H,3-4H2,1-2H3;2-7H,1H3. The van der Waals surface area contributed by atoms with Crippen molar-refractivity contribution in [3.63, 3.8) is 0 Å². The Morgan fingerprint density at radius 3 is 1.55 bits per heavy atom. The molecule has 0 fully saturated rings. The first kappa shape index (κ1) is 30.7. The van der Waals surface area contributed by atoms with Gasteiger partial charge in [-0.15, -0.1) is 0 Å². The summed E-state index contributed by atoms with van der Waals surface area (Å²) < 4.78 is 20.5. The van der Waals surface area contributed by atoms with Crippen molar-refractivity contribution in [3.8, 4) is 23.3 Å². The molecule has 11 heteroatoms. The summed E-state index contributed by atoms with van der Waals surface area (Å²) in [6.07, 6.45) is 1.56. The maximum Gasteiger partial charge on any atom is 0.341 e. The lowest BCUT2D eigenvalue weighted by molar-refractivity contribution is 0.0590. The molecule has 0 aliphatic carbocycles. The zero-order valence-corrected chi connectivity index (χ0v) is 24.1. The lowest BCUT2D eigenvalue weighted by Crippen LogP contribution is -2.08. The summed E-state index contributed by atoms with van der Waals surface area (Å²) in [5.41, 5.74) is 1.34. The molecule has 0 aliphatic heterocycles. The predicted molar refractivity (Wildman–Crippen MR) is 153 cm³/mol. The van der Waals surface area contributed by atoms with Crippen LogP contribution in [0.1, 0.15) is 39.8 Å². The molecule has 0 saturated carbocycles. The van der Waals surface area contributed by atoms with Gasteiger partial charge in [0.25, 0.3) is 0 Å². The van der Waals surface area contributed by atoms with Crippen LogP contribution in [0.5, 0.6) is 23.3 Å². The second-order valence-corrected chi connectivity index (χ2v) is 9.21. The molecule has 8 nitrogen and oxygen atoms in total. The molecule has 0 unspecified atom stereocenters. The fourth-order valence-corrected chi connectivity index (χ4v) is 3.72. The third-order valence-electron chi connectivity index (χ3n) is 5.14. The zero-order chi connectivity index (χ0) is 29.1. The van der Waals surface area contributed by atoms with Crippen molar-refractivity contribution in [2.75, 3.05) is 14.2 Å². The number of carbonyl (C=O) groups is 2. The second-order valence-electron chi connectivity index (χ2n) is 7.98. The Morgan fingerprint density at radius 1 is 0.650 bits per heavy atom. The molecule has 40 heavy (non-hydrogen) atoms. The normalized spacial score (nSPS) is 10.2. The molecule has 0 amide bonds. The fraction of sp³-hybridized carbons (Fsp3) is 0.172. The Kier molecular flexibility index (Phi) is 11.6. The second kappa shape index (κ2) is 15.1. The lowest BCUT2D eigenvalue weighted by Gasteiger charge is -2.10. The molecule has 0 saturated heterocycles. The number of aryl methyl sites for hydroxylation is 1. The van der Waals surface area contributed by atoms with Crippen LogP contribution in [-0.4, -0.2) is 36.1 Å². The van der Waals surface area contributed by atoms with Crippen LogP contribution in [0.2, 0.25) is 15.2 Å². The first-order valence-corrected chi connectivity index (χ1v) is 13.1. The highest BCUT2D eigenvalue weighted by Crippen LogP contribution is 2.25. The van der Waals surface area contributed by atoms with Gasteiger partial charge in [0.2, 0.25) is 11.8 Å². The van der Waals surface area contributed by atoms with Crippen LogP contribution in [0.4, 0.5) is 0 Å². The van der Waals surface area contributed by atoms with E-state index in [9.17, 15) is 9.59 Å². The SMILES string of the molecule is CCCc1nc(Oc2ccc(Cl)cc2)ccc1C(=O)OC.COC(=O)c1ccc(Oc2ccc(Cl)cc2)nc1Cl. The van der Waals surface area contributed by atoms with Gasteiger partial charge in [-0.1, -0.05) is 48.1 Å². The zero-order valence-electron chi connectivity index (χ0n) is 21.8. The smallest absolute Gasteiger partial charge is 0.341 e. The number of rotatable bonds is 8. The highest BCUT2D eigenvalue weighted by Gasteiger charge is 2.15. The molecule has 0 bridgehead atoms. The maximum absolute atomic E-state index is 11.7. The Morgan fingerprint density at radius 2 is 1.10 bits per heavy atom. The van der Waals surface area contributed by atoms with Gasteiger partial charge in [0.15, 0.2) is 0 Å². The Labute approximate surface area is 246 Å². The molecule has 0 spiro atoms. The average Bonchev–Trinajstić information content (AvgIpc) is 2.95.